The number of guanidine groups is 1. The normalized spacial score (nSPS) is 32.1. The Balaban J connectivity index is 1.67. The van der Waals surface area contributed by atoms with Gasteiger partial charge in [0.1, 0.15) is 0 Å². The molecule has 2 aliphatic rings. The van der Waals surface area contributed by atoms with Gasteiger partial charge < -0.3 is 14.8 Å². The fourth-order valence-electron chi connectivity index (χ4n) is 3.26. The van der Waals surface area contributed by atoms with Gasteiger partial charge in [-0.2, -0.15) is 0 Å². The molecule has 3 atom stereocenters. The Morgan fingerprint density at radius 2 is 2.19 bits per heavy atom. The van der Waals surface area contributed by atoms with Crippen molar-refractivity contribution in [2.45, 2.75) is 45.7 Å². The average Bonchev–Trinajstić information content (AvgIpc) is 2.87. The average molecular weight is 289 g/mol. The quantitative estimate of drug-likeness (QED) is 0.670. The van der Waals surface area contributed by atoms with E-state index in [1.165, 1.54) is 12.8 Å². The molecule has 5 heteroatoms. The Bertz CT molecular complexity index is 505. The molecule has 116 valence electrons. The molecule has 1 aromatic rings. The first-order valence-electron chi connectivity index (χ1n) is 7.97. The highest BCUT2D eigenvalue weighted by Crippen LogP contribution is 2.44. The van der Waals surface area contributed by atoms with Crippen LogP contribution in [0, 0.1) is 11.3 Å². The molecule has 2 fully saturated rings. The second kappa shape index (κ2) is 5.35. The Hall–Kier alpha value is -1.52. The van der Waals surface area contributed by atoms with E-state index in [0.717, 1.165) is 19.0 Å². The Labute approximate surface area is 127 Å². The smallest absolute Gasteiger partial charge is 0.193 e. The van der Waals surface area contributed by atoms with Gasteiger partial charge in [-0.1, -0.05) is 20.8 Å². The predicted molar refractivity (Wildman–Crippen MR) is 85.3 cm³/mol. The summed E-state index contributed by atoms with van der Waals surface area (Å²) >= 11 is 0. The first kappa shape index (κ1) is 14.4. The second-order valence-electron chi connectivity index (χ2n) is 7.23. The highest BCUT2D eigenvalue weighted by molar-refractivity contribution is 5.80. The van der Waals surface area contributed by atoms with E-state index in [1.807, 2.05) is 19.6 Å². The van der Waals surface area contributed by atoms with Gasteiger partial charge in [0.15, 0.2) is 5.96 Å². The van der Waals surface area contributed by atoms with Crippen LogP contribution in [0.4, 0.5) is 0 Å². The molecule has 1 saturated carbocycles. The highest BCUT2D eigenvalue weighted by atomic mass is 15.3. The number of hydrogen-bond acceptors (Lipinski definition) is 2. The molecule has 1 aliphatic heterocycles. The van der Waals surface area contributed by atoms with E-state index < -0.39 is 0 Å². The maximum Gasteiger partial charge on any atom is 0.193 e. The van der Waals surface area contributed by atoms with E-state index in [9.17, 15) is 0 Å². The first-order valence-corrected chi connectivity index (χ1v) is 7.97. The van der Waals surface area contributed by atoms with E-state index in [-0.39, 0.29) is 0 Å². The van der Waals surface area contributed by atoms with Gasteiger partial charge in [-0.25, -0.2) is 4.98 Å². The van der Waals surface area contributed by atoms with Crippen LogP contribution in [-0.2, 0) is 0 Å². The van der Waals surface area contributed by atoms with Crippen LogP contribution in [0.3, 0.4) is 0 Å². The molecular weight excluding hydrogens is 262 g/mol. The van der Waals surface area contributed by atoms with Crippen molar-refractivity contribution in [3.05, 3.63) is 18.7 Å². The molecule has 0 radical (unpaired) electrons. The molecule has 0 bridgehead atoms. The van der Waals surface area contributed by atoms with Crippen molar-refractivity contribution in [3.63, 3.8) is 0 Å². The van der Waals surface area contributed by atoms with Gasteiger partial charge in [-0.05, 0) is 24.2 Å². The van der Waals surface area contributed by atoms with Gasteiger partial charge in [-0.3, -0.25) is 4.99 Å². The standard InChI is InChI=1S/C16H27N5/c1-12-5-7-20(10-13(12)21-8-6-18-11-21)15(17-4)19-14-9-16(14,2)3/h6,8,11-14H,5,7,9-10H2,1-4H3,(H,17,19). The summed E-state index contributed by atoms with van der Waals surface area (Å²) in [6.45, 7) is 9.04. The molecule has 1 aliphatic carbocycles. The molecule has 5 nitrogen and oxygen atoms in total. The van der Waals surface area contributed by atoms with Crippen LogP contribution in [0.2, 0.25) is 0 Å². The van der Waals surface area contributed by atoms with Crippen molar-refractivity contribution in [1.82, 2.24) is 19.8 Å². The summed E-state index contributed by atoms with van der Waals surface area (Å²) in [7, 11) is 1.89. The number of nitrogens with zero attached hydrogens (tertiary/aromatic N) is 4. The van der Waals surface area contributed by atoms with Gasteiger partial charge in [0.25, 0.3) is 0 Å². The zero-order valence-corrected chi connectivity index (χ0v) is 13.6. The van der Waals surface area contributed by atoms with Crippen LogP contribution in [-0.4, -0.2) is 46.6 Å². The number of likely N-dealkylation sites (tertiary alicyclic amines) is 1. The molecule has 1 saturated heterocycles. The number of piperidine rings is 1. The summed E-state index contributed by atoms with van der Waals surface area (Å²) < 4.78 is 2.24. The number of aromatic nitrogens is 2. The molecule has 21 heavy (non-hydrogen) atoms. The van der Waals surface area contributed by atoms with Gasteiger partial charge >= 0.3 is 0 Å². The minimum Gasteiger partial charge on any atom is -0.353 e. The minimum absolute atomic E-state index is 0.419. The lowest BCUT2D eigenvalue weighted by molar-refractivity contribution is 0.188. The lowest BCUT2D eigenvalue weighted by atomic mass is 9.93. The topological polar surface area (TPSA) is 45.5 Å². The SMILES string of the molecule is CN=C(NC1CC1(C)C)N1CCC(C)C(n2ccnc2)C1. The van der Waals surface area contributed by atoms with Crippen molar-refractivity contribution in [2.75, 3.05) is 20.1 Å². The van der Waals surface area contributed by atoms with Crippen LogP contribution in [0.1, 0.15) is 39.7 Å². The number of hydrogen-bond donors (Lipinski definition) is 1. The molecule has 3 unspecified atom stereocenters. The number of rotatable bonds is 2. The molecule has 2 heterocycles. The molecule has 0 amide bonds. The van der Waals surface area contributed by atoms with E-state index in [1.54, 1.807) is 0 Å². The third-order valence-corrected chi connectivity index (χ3v) is 5.15. The number of aliphatic imine (C=N–C) groups is 1. The summed E-state index contributed by atoms with van der Waals surface area (Å²) in [4.78, 5) is 11.1. The van der Waals surface area contributed by atoms with Crippen LogP contribution in [0.5, 0.6) is 0 Å². The van der Waals surface area contributed by atoms with E-state index in [2.05, 4.69) is 51.7 Å². The van der Waals surface area contributed by atoms with Crippen LogP contribution in [0.25, 0.3) is 0 Å². The Kier molecular flexibility index (Phi) is 3.68. The van der Waals surface area contributed by atoms with Crippen molar-refractivity contribution in [2.24, 2.45) is 16.3 Å². The highest BCUT2D eigenvalue weighted by Gasteiger charge is 2.46. The lowest BCUT2D eigenvalue weighted by Crippen LogP contribution is -2.49. The van der Waals surface area contributed by atoms with E-state index in [4.69, 9.17) is 0 Å². The van der Waals surface area contributed by atoms with Crippen molar-refractivity contribution < 1.29 is 0 Å². The number of nitrogens with one attached hydrogen (secondary N) is 1. The van der Waals surface area contributed by atoms with Crippen LogP contribution in [0.15, 0.2) is 23.7 Å². The van der Waals surface area contributed by atoms with E-state index in [0.29, 0.717) is 23.4 Å². The summed E-state index contributed by atoms with van der Waals surface area (Å²) in [5, 5.41) is 3.63. The Morgan fingerprint density at radius 1 is 1.43 bits per heavy atom. The minimum atomic E-state index is 0.419. The fraction of sp³-hybridized carbons (Fsp3) is 0.750. The van der Waals surface area contributed by atoms with Gasteiger partial charge in [0.05, 0.1) is 12.4 Å². The van der Waals surface area contributed by atoms with E-state index >= 15 is 0 Å². The van der Waals surface area contributed by atoms with Gasteiger partial charge in [0, 0.05) is 38.6 Å². The molecule has 1 N–H and O–H groups in total. The first-order chi connectivity index (χ1) is 10.0. The Morgan fingerprint density at radius 3 is 2.76 bits per heavy atom. The monoisotopic (exact) mass is 289 g/mol. The molecule has 0 spiro atoms. The second-order valence-corrected chi connectivity index (χ2v) is 7.23. The molecule has 0 aromatic carbocycles. The third kappa shape index (κ3) is 2.92. The zero-order valence-electron chi connectivity index (χ0n) is 13.6. The zero-order chi connectivity index (χ0) is 15.0. The maximum atomic E-state index is 4.50. The fourth-order valence-corrected chi connectivity index (χ4v) is 3.26. The van der Waals surface area contributed by atoms with Crippen molar-refractivity contribution >= 4 is 5.96 Å². The molecule has 1 aromatic heterocycles. The maximum absolute atomic E-state index is 4.50. The van der Waals surface area contributed by atoms with Crippen molar-refractivity contribution in [3.8, 4) is 0 Å². The predicted octanol–water partition coefficient (Wildman–Crippen LogP) is 2.14. The number of imidazole rings is 1. The third-order valence-electron chi connectivity index (χ3n) is 5.15. The summed E-state index contributed by atoms with van der Waals surface area (Å²) in [5.74, 6) is 1.73. The van der Waals surface area contributed by atoms with Crippen molar-refractivity contribution in [1.29, 1.82) is 0 Å². The van der Waals surface area contributed by atoms with Crippen LogP contribution < -0.4 is 5.32 Å². The molecule has 3 rings (SSSR count). The summed E-state index contributed by atoms with van der Waals surface area (Å²) in [6.07, 6.45) is 8.31. The van der Waals surface area contributed by atoms with Gasteiger partial charge in [0.2, 0.25) is 0 Å². The molecular formula is C16H27N5. The van der Waals surface area contributed by atoms with Gasteiger partial charge in [-0.15, -0.1) is 0 Å². The summed E-state index contributed by atoms with van der Waals surface area (Å²) in [6, 6.07) is 1.05. The lowest BCUT2D eigenvalue weighted by Gasteiger charge is -2.39. The summed E-state index contributed by atoms with van der Waals surface area (Å²) in [5.41, 5.74) is 0.419. The van der Waals surface area contributed by atoms with Crippen LogP contribution >= 0.6 is 0 Å². The largest absolute Gasteiger partial charge is 0.353 e.